The van der Waals surface area contributed by atoms with Gasteiger partial charge in [0.1, 0.15) is 23.7 Å². The van der Waals surface area contributed by atoms with Crippen molar-refractivity contribution in [2.75, 3.05) is 7.11 Å². The zero-order chi connectivity index (χ0) is 19.4. The summed E-state index contributed by atoms with van der Waals surface area (Å²) in [5.41, 5.74) is 1.59. The van der Waals surface area contributed by atoms with Crippen LogP contribution in [0.15, 0.2) is 24.3 Å². The van der Waals surface area contributed by atoms with Crippen molar-refractivity contribution in [2.45, 2.75) is 40.3 Å². The molecule has 2 aromatic rings. The summed E-state index contributed by atoms with van der Waals surface area (Å²) < 4.78 is 6.53. The molecule has 0 bridgehead atoms. The molecule has 0 radical (unpaired) electrons. The fourth-order valence-corrected chi connectivity index (χ4v) is 2.91. The molecule has 26 heavy (non-hydrogen) atoms. The number of amides is 1. The second kappa shape index (κ2) is 7.99. The molecule has 1 amide bonds. The highest BCUT2D eigenvalue weighted by Crippen LogP contribution is 2.25. The van der Waals surface area contributed by atoms with E-state index in [2.05, 4.69) is 10.4 Å². The maximum atomic E-state index is 12.5. The van der Waals surface area contributed by atoms with Crippen molar-refractivity contribution >= 4 is 11.6 Å². The third-order valence-electron chi connectivity index (χ3n) is 4.28. The third kappa shape index (κ3) is 4.19. The predicted octanol–water partition coefficient (Wildman–Crippen LogP) is 2.93. The zero-order valence-electron chi connectivity index (χ0n) is 15.6. The number of carbonyl (C=O) groups is 1. The topological polar surface area (TPSA) is 99.3 Å². The van der Waals surface area contributed by atoms with Gasteiger partial charge in [0.2, 0.25) is 5.91 Å². The molecule has 0 aliphatic heterocycles. The van der Waals surface area contributed by atoms with Crippen LogP contribution in [0.2, 0.25) is 0 Å². The lowest BCUT2D eigenvalue weighted by atomic mass is 9.96. The Morgan fingerprint density at radius 2 is 1.92 bits per heavy atom. The van der Waals surface area contributed by atoms with Crippen LogP contribution in [0.3, 0.4) is 0 Å². The average molecular weight is 360 g/mol. The zero-order valence-corrected chi connectivity index (χ0v) is 15.6. The number of hydrogen-bond donors (Lipinski definition) is 1. The molecule has 8 heteroatoms. The van der Waals surface area contributed by atoms with Crippen molar-refractivity contribution in [2.24, 2.45) is 5.92 Å². The lowest BCUT2D eigenvalue weighted by Gasteiger charge is -2.23. The molecule has 1 aromatic carbocycles. The van der Waals surface area contributed by atoms with Gasteiger partial charge in [-0.2, -0.15) is 5.10 Å². The maximum Gasteiger partial charge on any atom is 0.312 e. The Balaban J connectivity index is 2.15. The number of nitrogens with zero attached hydrogens (tertiary/aromatic N) is 3. The highest BCUT2D eigenvalue weighted by molar-refractivity contribution is 5.76. The van der Waals surface area contributed by atoms with Gasteiger partial charge in [0.25, 0.3) is 0 Å². The van der Waals surface area contributed by atoms with Crippen LogP contribution in [-0.2, 0) is 11.3 Å². The first-order valence-electron chi connectivity index (χ1n) is 8.36. The monoisotopic (exact) mass is 360 g/mol. The van der Waals surface area contributed by atoms with E-state index >= 15 is 0 Å². The summed E-state index contributed by atoms with van der Waals surface area (Å²) in [4.78, 5) is 23.1. The highest BCUT2D eigenvalue weighted by atomic mass is 16.6. The van der Waals surface area contributed by atoms with Crippen molar-refractivity contribution in [3.05, 3.63) is 51.3 Å². The number of benzene rings is 1. The summed E-state index contributed by atoms with van der Waals surface area (Å²) in [6, 6.07) is 7.35. The van der Waals surface area contributed by atoms with Gasteiger partial charge in [-0.25, -0.2) is 0 Å². The molecule has 0 saturated heterocycles. The highest BCUT2D eigenvalue weighted by Gasteiger charge is 2.24. The van der Waals surface area contributed by atoms with Crippen molar-refractivity contribution in [1.29, 1.82) is 0 Å². The first-order chi connectivity index (χ1) is 12.2. The van der Waals surface area contributed by atoms with Gasteiger partial charge in [-0.05, 0) is 37.5 Å². The molecule has 1 N–H and O–H groups in total. The summed E-state index contributed by atoms with van der Waals surface area (Å²) in [5, 5.41) is 18.2. The SMILES string of the molecule is COc1ccc(C(NC(=O)Cn2nc(C)c([N+](=O)[O-])c2C)C(C)C)cc1. The molecule has 0 saturated carbocycles. The van der Waals surface area contributed by atoms with Gasteiger partial charge in [-0.15, -0.1) is 0 Å². The van der Waals surface area contributed by atoms with Gasteiger partial charge in [0, 0.05) is 0 Å². The number of aromatic nitrogens is 2. The maximum absolute atomic E-state index is 12.5. The summed E-state index contributed by atoms with van der Waals surface area (Å²) in [5.74, 6) is 0.666. The predicted molar refractivity (Wildman–Crippen MR) is 97.1 cm³/mol. The van der Waals surface area contributed by atoms with E-state index in [1.807, 2.05) is 38.1 Å². The largest absolute Gasteiger partial charge is 0.497 e. The standard InChI is InChI=1S/C18H24N4O4/c1-11(2)17(14-6-8-15(26-5)9-7-14)19-16(23)10-21-13(4)18(22(24)25)12(3)20-21/h6-9,11,17H,10H2,1-5H3,(H,19,23). The van der Waals surface area contributed by atoms with Crippen LogP contribution in [-0.4, -0.2) is 27.7 Å². The molecular weight excluding hydrogens is 336 g/mol. The van der Waals surface area contributed by atoms with E-state index in [-0.39, 0.29) is 30.1 Å². The van der Waals surface area contributed by atoms with Crippen molar-refractivity contribution in [1.82, 2.24) is 15.1 Å². The van der Waals surface area contributed by atoms with Crippen LogP contribution in [0.25, 0.3) is 0 Å². The lowest BCUT2D eigenvalue weighted by Crippen LogP contribution is -2.34. The minimum absolute atomic E-state index is 0.0478. The van der Waals surface area contributed by atoms with Crippen LogP contribution >= 0.6 is 0 Å². The Kier molecular flexibility index (Phi) is 5.97. The molecule has 0 aliphatic rings. The Morgan fingerprint density at radius 3 is 2.38 bits per heavy atom. The Hall–Kier alpha value is -2.90. The molecule has 140 valence electrons. The summed E-state index contributed by atoms with van der Waals surface area (Å²) in [6.07, 6.45) is 0. The van der Waals surface area contributed by atoms with Gasteiger partial charge in [0.15, 0.2) is 0 Å². The van der Waals surface area contributed by atoms with Crippen LogP contribution in [0.5, 0.6) is 5.75 Å². The van der Waals surface area contributed by atoms with E-state index in [0.29, 0.717) is 11.4 Å². The van der Waals surface area contributed by atoms with Gasteiger partial charge < -0.3 is 10.1 Å². The van der Waals surface area contributed by atoms with Crippen LogP contribution in [0, 0.1) is 29.9 Å². The summed E-state index contributed by atoms with van der Waals surface area (Å²) >= 11 is 0. The molecule has 1 unspecified atom stereocenters. The lowest BCUT2D eigenvalue weighted by molar-refractivity contribution is -0.386. The molecule has 0 aliphatic carbocycles. The van der Waals surface area contributed by atoms with E-state index in [4.69, 9.17) is 4.74 Å². The Labute approximate surface area is 152 Å². The van der Waals surface area contributed by atoms with E-state index in [1.54, 1.807) is 21.0 Å². The molecule has 8 nitrogen and oxygen atoms in total. The first kappa shape index (κ1) is 19.4. The minimum atomic E-state index is -0.472. The molecule has 1 heterocycles. The first-order valence-corrected chi connectivity index (χ1v) is 8.36. The Morgan fingerprint density at radius 1 is 1.31 bits per heavy atom. The van der Waals surface area contributed by atoms with Crippen molar-refractivity contribution in [3.63, 3.8) is 0 Å². The fourth-order valence-electron chi connectivity index (χ4n) is 2.91. The van der Waals surface area contributed by atoms with Gasteiger partial charge in [-0.1, -0.05) is 26.0 Å². The van der Waals surface area contributed by atoms with Crippen molar-refractivity contribution < 1.29 is 14.5 Å². The number of rotatable bonds is 7. The third-order valence-corrected chi connectivity index (χ3v) is 4.28. The van der Waals surface area contributed by atoms with Crippen molar-refractivity contribution in [3.8, 4) is 5.75 Å². The fraction of sp³-hybridized carbons (Fsp3) is 0.444. The normalized spacial score (nSPS) is 12.1. The number of hydrogen-bond acceptors (Lipinski definition) is 5. The second-order valence-corrected chi connectivity index (χ2v) is 6.50. The van der Waals surface area contributed by atoms with E-state index in [0.717, 1.165) is 11.3 Å². The Bertz CT molecular complexity index is 796. The molecule has 1 aromatic heterocycles. The molecule has 0 fully saturated rings. The van der Waals surface area contributed by atoms with Gasteiger partial charge in [0.05, 0.1) is 18.1 Å². The molecular formula is C18H24N4O4. The van der Waals surface area contributed by atoms with Crippen LogP contribution in [0.1, 0.15) is 36.8 Å². The summed E-state index contributed by atoms with van der Waals surface area (Å²) in [7, 11) is 1.60. The summed E-state index contributed by atoms with van der Waals surface area (Å²) in [6.45, 7) is 7.12. The number of carbonyl (C=O) groups excluding carboxylic acids is 1. The number of aryl methyl sites for hydroxylation is 1. The number of nitro groups is 1. The van der Waals surface area contributed by atoms with E-state index in [1.165, 1.54) is 4.68 Å². The van der Waals surface area contributed by atoms with E-state index in [9.17, 15) is 14.9 Å². The number of ether oxygens (including phenoxy) is 1. The number of nitrogens with one attached hydrogen (secondary N) is 1. The number of methoxy groups -OCH3 is 1. The van der Waals surface area contributed by atoms with Crippen LogP contribution < -0.4 is 10.1 Å². The van der Waals surface area contributed by atoms with Gasteiger partial charge >= 0.3 is 5.69 Å². The van der Waals surface area contributed by atoms with Crippen LogP contribution in [0.4, 0.5) is 5.69 Å². The van der Waals surface area contributed by atoms with E-state index < -0.39 is 4.92 Å². The second-order valence-electron chi connectivity index (χ2n) is 6.50. The minimum Gasteiger partial charge on any atom is -0.497 e. The molecule has 1 atom stereocenters. The quantitative estimate of drug-likeness (QED) is 0.604. The average Bonchev–Trinajstić information content (AvgIpc) is 2.86. The molecule has 0 spiro atoms. The van der Waals surface area contributed by atoms with Gasteiger partial charge in [-0.3, -0.25) is 19.6 Å². The molecule has 2 rings (SSSR count). The smallest absolute Gasteiger partial charge is 0.312 e.